The van der Waals surface area contributed by atoms with Crippen molar-refractivity contribution in [3.8, 4) is 0 Å². The molecule has 0 atom stereocenters. The van der Waals surface area contributed by atoms with E-state index < -0.39 is 0 Å². The molecule has 1 aromatic rings. The molecule has 0 spiro atoms. The third kappa shape index (κ3) is 4.07. The first-order valence-electron chi connectivity index (χ1n) is 7.88. The van der Waals surface area contributed by atoms with Gasteiger partial charge in [-0.3, -0.25) is 4.79 Å². The smallest absolute Gasteiger partial charge is 0.283 e. The number of hydrogen-bond donors (Lipinski definition) is 1. The summed E-state index contributed by atoms with van der Waals surface area (Å²) in [6.45, 7) is 8.98. The van der Waals surface area contributed by atoms with Crippen LogP contribution in [0.5, 0.6) is 0 Å². The first-order chi connectivity index (χ1) is 10.2. The lowest BCUT2D eigenvalue weighted by atomic mass is 9.96. The molecular weight excluding hydrogens is 332 g/mol. The van der Waals surface area contributed by atoms with Gasteiger partial charge in [-0.2, -0.15) is 5.10 Å². The number of rotatable bonds is 6. The van der Waals surface area contributed by atoms with Crippen LogP contribution in [0.25, 0.3) is 0 Å². The molecule has 1 fully saturated rings. The fraction of sp³-hybridized carbons (Fsp3) is 0.733. The molecule has 0 radical (unpaired) electrons. The highest BCUT2D eigenvalue weighted by Crippen LogP contribution is 2.26. The van der Waals surface area contributed by atoms with E-state index in [1.54, 1.807) is 0 Å². The summed E-state index contributed by atoms with van der Waals surface area (Å²) < 4.78 is 2.18. The largest absolute Gasteiger partial charge is 0.369 e. The predicted molar refractivity (Wildman–Crippen MR) is 90.0 cm³/mol. The summed E-state index contributed by atoms with van der Waals surface area (Å²) in [6, 6.07) is 0. The third-order valence-electron chi connectivity index (χ3n) is 4.04. The van der Waals surface area contributed by atoms with Crippen LogP contribution in [0, 0.1) is 5.92 Å². The van der Waals surface area contributed by atoms with Gasteiger partial charge in [0, 0.05) is 19.6 Å². The van der Waals surface area contributed by atoms with Crippen molar-refractivity contribution >= 4 is 21.6 Å². The lowest BCUT2D eigenvalue weighted by Gasteiger charge is -2.34. The molecule has 6 heteroatoms. The lowest BCUT2D eigenvalue weighted by molar-refractivity contribution is 0.386. The van der Waals surface area contributed by atoms with Crippen molar-refractivity contribution in [2.75, 3.05) is 31.1 Å². The number of nitrogens with one attached hydrogen (secondary N) is 1. The van der Waals surface area contributed by atoms with Gasteiger partial charge in [0.2, 0.25) is 0 Å². The average Bonchev–Trinajstić information content (AvgIpc) is 2.51. The molecule has 0 aliphatic carbocycles. The molecule has 0 saturated carbocycles. The van der Waals surface area contributed by atoms with Crippen LogP contribution in [0.4, 0.5) is 5.69 Å². The van der Waals surface area contributed by atoms with Crippen LogP contribution in [-0.4, -0.2) is 36.0 Å². The maximum absolute atomic E-state index is 12.2. The Morgan fingerprint density at radius 2 is 2.10 bits per heavy atom. The Morgan fingerprint density at radius 1 is 1.38 bits per heavy atom. The van der Waals surface area contributed by atoms with Crippen molar-refractivity contribution in [3.63, 3.8) is 0 Å². The van der Waals surface area contributed by atoms with Crippen LogP contribution in [-0.2, 0) is 6.54 Å². The van der Waals surface area contributed by atoms with Gasteiger partial charge >= 0.3 is 0 Å². The van der Waals surface area contributed by atoms with Gasteiger partial charge in [0.1, 0.15) is 4.47 Å². The average molecular weight is 357 g/mol. The molecule has 0 unspecified atom stereocenters. The van der Waals surface area contributed by atoms with E-state index >= 15 is 0 Å². The first kappa shape index (κ1) is 16.5. The Morgan fingerprint density at radius 3 is 2.71 bits per heavy atom. The zero-order chi connectivity index (χ0) is 15.2. The summed E-state index contributed by atoms with van der Waals surface area (Å²) in [5, 5.41) is 7.71. The molecule has 118 valence electrons. The molecule has 1 aliphatic rings. The van der Waals surface area contributed by atoms with Gasteiger partial charge in [-0.25, -0.2) is 4.68 Å². The Hall–Kier alpha value is -0.880. The molecule has 0 bridgehead atoms. The number of aromatic nitrogens is 2. The Kier molecular flexibility index (Phi) is 6.23. The number of anilines is 1. The Bertz CT molecular complexity index is 509. The topological polar surface area (TPSA) is 50.2 Å². The molecule has 2 heterocycles. The first-order valence-corrected chi connectivity index (χ1v) is 8.67. The molecule has 21 heavy (non-hydrogen) atoms. The molecule has 1 aromatic heterocycles. The van der Waals surface area contributed by atoms with Gasteiger partial charge in [0.25, 0.3) is 5.56 Å². The zero-order valence-corrected chi connectivity index (χ0v) is 14.5. The summed E-state index contributed by atoms with van der Waals surface area (Å²) in [5.74, 6) is 0.744. The molecule has 1 aliphatic heterocycles. The Labute approximate surface area is 134 Å². The zero-order valence-electron chi connectivity index (χ0n) is 12.9. The second-order valence-electron chi connectivity index (χ2n) is 5.61. The van der Waals surface area contributed by atoms with Crippen molar-refractivity contribution < 1.29 is 0 Å². The van der Waals surface area contributed by atoms with E-state index in [4.69, 9.17) is 0 Å². The molecular formula is C15H25BrN4O. The molecule has 0 amide bonds. The lowest BCUT2D eigenvalue weighted by Crippen LogP contribution is -2.38. The second-order valence-corrected chi connectivity index (χ2v) is 6.40. The number of hydrogen-bond acceptors (Lipinski definition) is 4. The van der Waals surface area contributed by atoms with Crippen LogP contribution in [0.15, 0.2) is 15.5 Å². The fourth-order valence-corrected chi connectivity index (χ4v) is 3.33. The van der Waals surface area contributed by atoms with Gasteiger partial charge in [-0.05, 0) is 54.2 Å². The highest BCUT2D eigenvalue weighted by atomic mass is 79.9. The maximum Gasteiger partial charge on any atom is 0.283 e. The van der Waals surface area contributed by atoms with Crippen LogP contribution in [0.2, 0.25) is 0 Å². The number of aryl methyl sites for hydroxylation is 1. The second kappa shape index (κ2) is 7.94. The number of nitrogens with zero attached hydrogens (tertiary/aromatic N) is 3. The third-order valence-corrected chi connectivity index (χ3v) is 4.79. The van der Waals surface area contributed by atoms with E-state index in [9.17, 15) is 4.79 Å². The monoisotopic (exact) mass is 356 g/mol. The van der Waals surface area contributed by atoms with Crippen molar-refractivity contribution in [1.82, 2.24) is 15.1 Å². The van der Waals surface area contributed by atoms with Crippen molar-refractivity contribution in [1.29, 1.82) is 0 Å². The van der Waals surface area contributed by atoms with Crippen LogP contribution in [0.1, 0.15) is 33.1 Å². The summed E-state index contributed by atoms with van der Waals surface area (Å²) in [4.78, 5) is 14.5. The van der Waals surface area contributed by atoms with E-state index in [0.29, 0.717) is 11.0 Å². The van der Waals surface area contributed by atoms with Gasteiger partial charge in [0.05, 0.1) is 11.9 Å². The van der Waals surface area contributed by atoms with Crippen molar-refractivity contribution in [2.24, 2.45) is 5.92 Å². The fourth-order valence-electron chi connectivity index (χ4n) is 2.77. The standard InChI is InChI=1S/C15H25BrN4O/c1-3-7-20-15(21)14(16)13(11-18-20)19-8-5-12(6-9-19)10-17-4-2/h11-12,17H,3-10H2,1-2H3. The summed E-state index contributed by atoms with van der Waals surface area (Å²) in [7, 11) is 0. The van der Waals surface area contributed by atoms with E-state index in [-0.39, 0.29) is 5.56 Å². The minimum atomic E-state index is -0.0240. The van der Waals surface area contributed by atoms with Gasteiger partial charge in [-0.1, -0.05) is 13.8 Å². The van der Waals surface area contributed by atoms with Crippen molar-refractivity contribution in [3.05, 3.63) is 21.0 Å². The highest BCUT2D eigenvalue weighted by molar-refractivity contribution is 9.10. The van der Waals surface area contributed by atoms with Crippen LogP contribution < -0.4 is 15.8 Å². The van der Waals surface area contributed by atoms with E-state index in [0.717, 1.165) is 57.0 Å². The predicted octanol–water partition coefficient (Wildman–Crippen LogP) is 2.24. The van der Waals surface area contributed by atoms with Crippen LogP contribution >= 0.6 is 15.9 Å². The minimum Gasteiger partial charge on any atom is -0.369 e. The van der Waals surface area contributed by atoms with Gasteiger partial charge in [-0.15, -0.1) is 0 Å². The quantitative estimate of drug-likeness (QED) is 0.849. The Balaban J connectivity index is 2.03. The summed E-state index contributed by atoms with van der Waals surface area (Å²) in [5.41, 5.74) is 0.915. The minimum absolute atomic E-state index is 0.0240. The number of piperidine rings is 1. The summed E-state index contributed by atoms with van der Waals surface area (Å²) in [6.07, 6.45) is 5.06. The SMILES string of the molecule is CCCn1ncc(N2CCC(CNCC)CC2)c(Br)c1=O. The van der Waals surface area contributed by atoms with Crippen LogP contribution in [0.3, 0.4) is 0 Å². The molecule has 5 nitrogen and oxygen atoms in total. The maximum atomic E-state index is 12.2. The van der Waals surface area contributed by atoms with Gasteiger partial charge < -0.3 is 10.2 Å². The van der Waals surface area contributed by atoms with Gasteiger partial charge in [0.15, 0.2) is 0 Å². The molecule has 0 aromatic carbocycles. The van der Waals surface area contributed by atoms with Crippen molar-refractivity contribution in [2.45, 2.75) is 39.7 Å². The summed E-state index contributed by atoms with van der Waals surface area (Å²) >= 11 is 3.47. The molecule has 2 rings (SSSR count). The van der Waals surface area contributed by atoms with E-state index in [2.05, 4.69) is 38.2 Å². The highest BCUT2D eigenvalue weighted by Gasteiger charge is 2.22. The van der Waals surface area contributed by atoms with E-state index in [1.165, 1.54) is 4.68 Å². The normalized spacial score (nSPS) is 16.4. The number of halogens is 1. The molecule has 1 saturated heterocycles. The molecule has 1 N–H and O–H groups in total. The van der Waals surface area contributed by atoms with E-state index in [1.807, 2.05) is 13.1 Å².